The Kier molecular flexibility index (Phi) is 3.55. The Hall–Kier alpha value is -2.30. The lowest BCUT2D eigenvalue weighted by Gasteiger charge is -2.12. The molecule has 0 aliphatic heterocycles. The highest BCUT2D eigenvalue weighted by atomic mass is 19.1. The molecule has 0 atom stereocenters. The van der Waals surface area contributed by atoms with Gasteiger partial charge in [-0.3, -0.25) is 0 Å². The Bertz CT molecular complexity index is 615. The molecule has 5 heteroatoms. The molecule has 0 aliphatic rings. The smallest absolute Gasteiger partial charge is 0.168 e. The summed E-state index contributed by atoms with van der Waals surface area (Å²) in [7, 11) is 1.42. The van der Waals surface area contributed by atoms with Crippen molar-refractivity contribution < 1.29 is 18.3 Å². The molecule has 0 spiro atoms. The van der Waals surface area contributed by atoms with Crippen molar-refractivity contribution in [1.82, 2.24) is 0 Å². The van der Waals surface area contributed by atoms with E-state index >= 15 is 0 Å². The first-order valence-electron chi connectivity index (χ1n) is 5.58. The summed E-state index contributed by atoms with van der Waals surface area (Å²) in [5.74, 6) is -0.624. The summed E-state index contributed by atoms with van der Waals surface area (Å²) < 4.78 is 37.2. The quantitative estimate of drug-likeness (QED) is 0.861. The maximum absolute atomic E-state index is 13.7. The van der Waals surface area contributed by atoms with E-state index in [9.17, 15) is 8.78 Å². The average Bonchev–Trinajstić information content (AvgIpc) is 2.37. The fourth-order valence-corrected chi connectivity index (χ4v) is 1.61. The van der Waals surface area contributed by atoms with Crippen LogP contribution in [0.25, 0.3) is 0 Å². The van der Waals surface area contributed by atoms with Gasteiger partial charge in [-0.25, -0.2) is 8.78 Å². The second kappa shape index (κ2) is 5.14. The van der Waals surface area contributed by atoms with Crippen LogP contribution in [0, 0.1) is 18.6 Å². The number of halogens is 2. The maximum atomic E-state index is 13.7. The fourth-order valence-electron chi connectivity index (χ4n) is 1.61. The summed E-state index contributed by atoms with van der Waals surface area (Å²) in [6, 6.07) is 6.48. The first-order valence-corrected chi connectivity index (χ1v) is 5.58. The highest BCUT2D eigenvalue weighted by Crippen LogP contribution is 2.34. The molecule has 0 aliphatic carbocycles. The van der Waals surface area contributed by atoms with Gasteiger partial charge in [-0.1, -0.05) is 6.07 Å². The number of rotatable bonds is 3. The van der Waals surface area contributed by atoms with Crippen LogP contribution >= 0.6 is 0 Å². The minimum atomic E-state index is -0.637. The summed E-state index contributed by atoms with van der Waals surface area (Å²) in [6.07, 6.45) is 0. The van der Waals surface area contributed by atoms with Crippen LogP contribution in [0.2, 0.25) is 0 Å². The van der Waals surface area contributed by atoms with Crippen molar-refractivity contribution in [2.45, 2.75) is 6.92 Å². The van der Waals surface area contributed by atoms with Gasteiger partial charge in [0.25, 0.3) is 0 Å². The fraction of sp³-hybridized carbons (Fsp3) is 0.143. The van der Waals surface area contributed by atoms with Crippen LogP contribution in [-0.2, 0) is 0 Å². The SMILES string of the molecule is COc1cc(Oc2cc(F)ccc2C)c(F)cc1N. The van der Waals surface area contributed by atoms with E-state index < -0.39 is 11.6 Å². The molecule has 0 bridgehead atoms. The number of nitrogen functional groups attached to an aromatic ring is 1. The minimum Gasteiger partial charge on any atom is -0.494 e. The number of methoxy groups -OCH3 is 1. The van der Waals surface area contributed by atoms with E-state index in [1.54, 1.807) is 13.0 Å². The van der Waals surface area contributed by atoms with Gasteiger partial charge in [-0.15, -0.1) is 0 Å². The molecular weight excluding hydrogens is 252 g/mol. The Morgan fingerprint density at radius 3 is 2.42 bits per heavy atom. The van der Waals surface area contributed by atoms with E-state index in [1.807, 2.05) is 0 Å². The van der Waals surface area contributed by atoms with Gasteiger partial charge in [0, 0.05) is 18.2 Å². The predicted molar refractivity (Wildman–Crippen MR) is 68.6 cm³/mol. The van der Waals surface area contributed by atoms with E-state index in [0.29, 0.717) is 11.3 Å². The number of nitrogens with two attached hydrogens (primary N) is 1. The number of benzene rings is 2. The van der Waals surface area contributed by atoms with Crippen molar-refractivity contribution in [3.8, 4) is 17.2 Å². The van der Waals surface area contributed by atoms with E-state index in [1.165, 1.54) is 25.3 Å². The summed E-state index contributed by atoms with van der Waals surface area (Å²) in [5, 5.41) is 0. The Morgan fingerprint density at radius 2 is 1.74 bits per heavy atom. The third kappa shape index (κ3) is 2.76. The molecule has 100 valence electrons. The van der Waals surface area contributed by atoms with Crippen LogP contribution in [0.3, 0.4) is 0 Å². The molecule has 19 heavy (non-hydrogen) atoms. The van der Waals surface area contributed by atoms with Gasteiger partial charge < -0.3 is 15.2 Å². The summed E-state index contributed by atoms with van der Waals surface area (Å²) >= 11 is 0. The molecule has 2 N–H and O–H groups in total. The first kappa shape index (κ1) is 13.1. The van der Waals surface area contributed by atoms with E-state index in [4.69, 9.17) is 15.2 Å². The van der Waals surface area contributed by atoms with E-state index in [-0.39, 0.29) is 17.2 Å². The van der Waals surface area contributed by atoms with Gasteiger partial charge in [0.05, 0.1) is 12.8 Å². The highest BCUT2D eigenvalue weighted by molar-refractivity contribution is 5.57. The lowest BCUT2D eigenvalue weighted by atomic mass is 10.2. The van der Waals surface area contributed by atoms with Crippen molar-refractivity contribution in [2.24, 2.45) is 0 Å². The number of aryl methyl sites for hydroxylation is 1. The van der Waals surface area contributed by atoms with Crippen LogP contribution in [0.5, 0.6) is 17.2 Å². The monoisotopic (exact) mass is 265 g/mol. The molecule has 0 heterocycles. The highest BCUT2D eigenvalue weighted by Gasteiger charge is 2.12. The van der Waals surface area contributed by atoms with Gasteiger partial charge in [0.15, 0.2) is 11.6 Å². The van der Waals surface area contributed by atoms with Gasteiger partial charge in [-0.05, 0) is 18.6 Å². The molecule has 2 aromatic rings. The van der Waals surface area contributed by atoms with E-state index in [2.05, 4.69) is 0 Å². The molecule has 0 radical (unpaired) electrons. The van der Waals surface area contributed by atoms with Crippen molar-refractivity contribution in [1.29, 1.82) is 0 Å². The molecular formula is C14H13F2NO2. The van der Waals surface area contributed by atoms with Crippen LogP contribution in [-0.4, -0.2) is 7.11 Å². The van der Waals surface area contributed by atoms with Crippen LogP contribution in [0.1, 0.15) is 5.56 Å². The summed E-state index contributed by atoms with van der Waals surface area (Å²) in [5.41, 5.74) is 6.43. The Labute approximate surface area is 109 Å². The van der Waals surface area contributed by atoms with Crippen molar-refractivity contribution in [2.75, 3.05) is 12.8 Å². The van der Waals surface area contributed by atoms with Gasteiger partial charge in [0.1, 0.15) is 17.3 Å². The zero-order valence-corrected chi connectivity index (χ0v) is 10.5. The zero-order chi connectivity index (χ0) is 14.0. The van der Waals surface area contributed by atoms with Crippen molar-refractivity contribution in [3.05, 3.63) is 47.5 Å². The minimum absolute atomic E-state index is 0.0697. The third-order valence-corrected chi connectivity index (χ3v) is 2.65. The number of ether oxygens (including phenoxy) is 2. The second-order valence-corrected chi connectivity index (χ2v) is 4.04. The zero-order valence-electron chi connectivity index (χ0n) is 10.5. The van der Waals surface area contributed by atoms with Crippen molar-refractivity contribution in [3.63, 3.8) is 0 Å². The third-order valence-electron chi connectivity index (χ3n) is 2.65. The van der Waals surface area contributed by atoms with Gasteiger partial charge in [0.2, 0.25) is 0 Å². The normalized spacial score (nSPS) is 10.3. The number of hydrogen-bond acceptors (Lipinski definition) is 3. The second-order valence-electron chi connectivity index (χ2n) is 4.04. The molecule has 0 fully saturated rings. The van der Waals surface area contributed by atoms with Gasteiger partial charge in [-0.2, -0.15) is 0 Å². The van der Waals surface area contributed by atoms with Crippen LogP contribution in [0.4, 0.5) is 14.5 Å². The predicted octanol–water partition coefficient (Wildman–Crippen LogP) is 3.66. The Morgan fingerprint density at radius 1 is 1.00 bits per heavy atom. The molecule has 2 aromatic carbocycles. The molecule has 0 aromatic heterocycles. The molecule has 0 amide bonds. The van der Waals surface area contributed by atoms with Gasteiger partial charge >= 0.3 is 0 Å². The summed E-state index contributed by atoms with van der Waals surface area (Å²) in [4.78, 5) is 0. The lowest BCUT2D eigenvalue weighted by Crippen LogP contribution is -1.97. The first-order chi connectivity index (χ1) is 9.01. The molecule has 2 rings (SSSR count). The maximum Gasteiger partial charge on any atom is 0.168 e. The lowest BCUT2D eigenvalue weighted by molar-refractivity contribution is 0.401. The molecule has 0 saturated heterocycles. The Balaban J connectivity index is 2.40. The van der Waals surface area contributed by atoms with Crippen LogP contribution < -0.4 is 15.2 Å². The molecule has 3 nitrogen and oxygen atoms in total. The number of anilines is 1. The number of hydrogen-bond donors (Lipinski definition) is 1. The molecule has 0 unspecified atom stereocenters. The van der Waals surface area contributed by atoms with E-state index in [0.717, 1.165) is 6.07 Å². The van der Waals surface area contributed by atoms with Crippen molar-refractivity contribution >= 4 is 5.69 Å². The molecule has 0 saturated carbocycles. The largest absolute Gasteiger partial charge is 0.494 e. The topological polar surface area (TPSA) is 44.5 Å². The summed E-state index contributed by atoms with van der Waals surface area (Å²) in [6.45, 7) is 1.74. The van der Waals surface area contributed by atoms with Crippen LogP contribution in [0.15, 0.2) is 30.3 Å². The average molecular weight is 265 g/mol. The standard InChI is InChI=1S/C14H13F2NO2/c1-8-3-4-9(15)5-12(8)19-13-7-14(18-2)11(17)6-10(13)16/h3-7H,17H2,1-2H3.